The Labute approximate surface area is 77.9 Å². The van der Waals surface area contributed by atoms with Crippen LogP contribution in [-0.4, -0.2) is 12.6 Å². The van der Waals surface area contributed by atoms with Crippen LogP contribution in [0.2, 0.25) is 0 Å². The number of hydrogen-bond acceptors (Lipinski definition) is 0. The fraction of sp³-hybridized carbons (Fsp3) is 1.00. The fourth-order valence-electron chi connectivity index (χ4n) is 0.217. The standard InChI is InChI=1S/C4H10N2.2BrH.Pt/c1-4(6)2-3-5;;;/h4-6H,2-3H2,1H3;2*1H;/q-2;;;+4/p-2. The van der Waals surface area contributed by atoms with E-state index in [4.69, 9.17) is 11.5 Å². The summed E-state index contributed by atoms with van der Waals surface area (Å²) in [6, 6.07) is -0.0394. The maximum atomic E-state index is 6.86. The molecule has 0 heterocycles. The second kappa shape index (κ2) is 12.3. The van der Waals surface area contributed by atoms with Crippen molar-refractivity contribution in [2.45, 2.75) is 19.4 Å². The first kappa shape index (κ1) is 13.2. The Kier molecular flexibility index (Phi) is 18.0. The zero-order valence-corrected chi connectivity index (χ0v) is 10.5. The number of rotatable bonds is 2. The molecule has 2 nitrogen and oxygen atoms in total. The SMILES string of the molecule is CC([NH-])CC[NH-].[Br][Pt+2][Br]. The average Bonchev–Trinajstić information content (AvgIpc) is 1.67. The second-order valence-corrected chi connectivity index (χ2v) is 11.4. The van der Waals surface area contributed by atoms with Crippen molar-refractivity contribution >= 4 is 26.6 Å². The molecule has 0 fully saturated rings. The minimum atomic E-state index is -0.0394. The van der Waals surface area contributed by atoms with Crippen molar-refractivity contribution in [3.63, 3.8) is 0 Å². The van der Waals surface area contributed by atoms with Gasteiger partial charge in [0.2, 0.25) is 0 Å². The molecule has 0 saturated heterocycles. The molecule has 60 valence electrons. The third kappa shape index (κ3) is 26.3. The fourth-order valence-corrected chi connectivity index (χ4v) is 0.217. The monoisotopic (exact) mass is 439 g/mol. The van der Waals surface area contributed by atoms with E-state index in [-0.39, 0.29) is 20.5 Å². The van der Waals surface area contributed by atoms with Gasteiger partial charge in [-0.05, 0) is 0 Å². The number of halogens is 2. The quantitative estimate of drug-likeness (QED) is 0.630. The summed E-state index contributed by atoms with van der Waals surface area (Å²) in [4.78, 5) is 0. The van der Waals surface area contributed by atoms with Crippen LogP contribution in [0.4, 0.5) is 0 Å². The molecule has 0 saturated carbocycles. The van der Waals surface area contributed by atoms with Crippen molar-refractivity contribution in [3.8, 4) is 0 Å². The van der Waals surface area contributed by atoms with Crippen LogP contribution in [0.15, 0.2) is 0 Å². The van der Waals surface area contributed by atoms with Gasteiger partial charge in [-0.2, -0.15) is 6.54 Å². The maximum absolute atomic E-state index is 6.86. The predicted octanol–water partition coefficient (Wildman–Crippen LogP) is 3.56. The van der Waals surface area contributed by atoms with E-state index in [9.17, 15) is 0 Å². The summed E-state index contributed by atoms with van der Waals surface area (Å²) >= 11 is 6.56. The Morgan fingerprint density at radius 3 is 1.89 bits per heavy atom. The van der Waals surface area contributed by atoms with Gasteiger partial charge in [-0.25, -0.2) is 0 Å². The van der Waals surface area contributed by atoms with Crippen LogP contribution in [0, 0.1) is 0 Å². The van der Waals surface area contributed by atoms with Gasteiger partial charge >= 0.3 is 41.0 Å². The first-order valence-electron chi connectivity index (χ1n) is 2.37. The van der Waals surface area contributed by atoms with Crippen molar-refractivity contribution < 1.29 is 14.5 Å². The van der Waals surface area contributed by atoms with Crippen molar-refractivity contribution in [2.24, 2.45) is 0 Å². The normalized spacial score (nSPS) is 12.1. The van der Waals surface area contributed by atoms with Gasteiger partial charge in [-0.3, -0.25) is 0 Å². The van der Waals surface area contributed by atoms with Crippen LogP contribution in [0.1, 0.15) is 13.3 Å². The summed E-state index contributed by atoms with van der Waals surface area (Å²) in [5, 5.41) is 0. The molecule has 0 aliphatic heterocycles. The van der Waals surface area contributed by atoms with Gasteiger partial charge in [-0.1, -0.05) is 13.3 Å². The Bertz CT molecular complexity index is 45.5. The van der Waals surface area contributed by atoms with Gasteiger partial charge < -0.3 is 11.5 Å². The van der Waals surface area contributed by atoms with Crippen LogP contribution in [-0.2, 0) is 14.5 Å². The van der Waals surface area contributed by atoms with Crippen molar-refractivity contribution in [2.75, 3.05) is 6.54 Å². The molecule has 1 atom stereocenters. The van der Waals surface area contributed by atoms with Gasteiger partial charge in [-0.15, -0.1) is 6.04 Å². The molecular formula is C4H10Br2N2Pt. The second-order valence-electron chi connectivity index (χ2n) is 1.48. The molecule has 0 aromatic rings. The molecule has 5 heteroatoms. The van der Waals surface area contributed by atoms with Crippen molar-refractivity contribution in [1.29, 1.82) is 0 Å². The molecule has 0 rings (SSSR count). The summed E-state index contributed by atoms with van der Waals surface area (Å²) in [7, 11) is 0. The Balaban J connectivity index is 0. The van der Waals surface area contributed by atoms with Crippen molar-refractivity contribution in [1.82, 2.24) is 0 Å². The molecule has 0 aliphatic rings. The third-order valence-electron chi connectivity index (χ3n) is 0.577. The van der Waals surface area contributed by atoms with E-state index in [2.05, 4.69) is 26.6 Å². The molecule has 0 aliphatic carbocycles. The van der Waals surface area contributed by atoms with Crippen LogP contribution in [0.3, 0.4) is 0 Å². The van der Waals surface area contributed by atoms with Gasteiger partial charge in [0.25, 0.3) is 0 Å². The van der Waals surface area contributed by atoms with Crippen LogP contribution >= 0.6 is 26.6 Å². The number of nitrogens with one attached hydrogen (secondary N) is 2. The Morgan fingerprint density at radius 1 is 1.56 bits per heavy atom. The van der Waals surface area contributed by atoms with Crippen molar-refractivity contribution in [3.05, 3.63) is 11.5 Å². The topological polar surface area (TPSA) is 47.6 Å². The number of hydrogen-bond donors (Lipinski definition) is 0. The van der Waals surface area contributed by atoms with Gasteiger partial charge in [0.05, 0.1) is 0 Å². The van der Waals surface area contributed by atoms with E-state index in [0.717, 1.165) is 0 Å². The zero-order valence-electron chi connectivity index (χ0n) is 5.06. The van der Waals surface area contributed by atoms with Crippen LogP contribution < -0.4 is 0 Å². The molecule has 1 unspecified atom stereocenters. The summed E-state index contributed by atoms with van der Waals surface area (Å²) < 4.78 is 0. The predicted molar refractivity (Wildman–Crippen MR) is 45.4 cm³/mol. The first-order chi connectivity index (χ1) is 4.18. The minimum absolute atomic E-state index is 0.0394. The molecule has 9 heavy (non-hydrogen) atoms. The Hall–Kier alpha value is 1.57. The van der Waals surface area contributed by atoms with Gasteiger partial charge in [0.15, 0.2) is 0 Å². The first-order valence-corrected chi connectivity index (χ1v) is 12.3. The average molecular weight is 441 g/mol. The van der Waals surface area contributed by atoms with E-state index in [1.165, 1.54) is 0 Å². The molecule has 0 aromatic heterocycles. The van der Waals surface area contributed by atoms with E-state index >= 15 is 0 Å². The molecule has 0 spiro atoms. The van der Waals surface area contributed by atoms with E-state index in [1.54, 1.807) is 6.92 Å². The third-order valence-corrected chi connectivity index (χ3v) is 0.577. The molecule has 2 N–H and O–H groups in total. The van der Waals surface area contributed by atoms with E-state index < -0.39 is 0 Å². The molecule has 0 amide bonds. The summed E-state index contributed by atoms with van der Waals surface area (Å²) in [5.41, 5.74) is 13.5. The van der Waals surface area contributed by atoms with Gasteiger partial charge in [0.1, 0.15) is 0 Å². The summed E-state index contributed by atoms with van der Waals surface area (Å²) in [5.74, 6) is 0. The van der Waals surface area contributed by atoms with E-state index in [0.29, 0.717) is 13.0 Å². The molecule has 0 bridgehead atoms. The van der Waals surface area contributed by atoms with Crippen LogP contribution in [0.25, 0.3) is 11.5 Å². The van der Waals surface area contributed by atoms with Crippen LogP contribution in [0.5, 0.6) is 0 Å². The summed E-state index contributed by atoms with van der Waals surface area (Å²) in [6.45, 7) is 2.19. The molecular weight excluding hydrogens is 431 g/mol. The summed E-state index contributed by atoms with van der Waals surface area (Å²) in [6.07, 6.45) is 0.708. The Morgan fingerprint density at radius 2 is 1.89 bits per heavy atom. The molecule has 0 radical (unpaired) electrons. The molecule has 0 aromatic carbocycles. The van der Waals surface area contributed by atoms with Gasteiger partial charge in [0, 0.05) is 0 Å². The van der Waals surface area contributed by atoms with E-state index in [1.807, 2.05) is 0 Å². The zero-order chi connectivity index (χ0) is 7.70.